The van der Waals surface area contributed by atoms with Crippen LogP contribution in [-0.2, 0) is 14.3 Å². The molecule has 0 radical (unpaired) electrons. The van der Waals surface area contributed by atoms with E-state index in [1.54, 1.807) is 81.4 Å². The molecule has 3 aromatic carbocycles. The minimum absolute atomic E-state index is 0.233. The Kier molecular flexibility index (Phi) is 8.52. The van der Waals surface area contributed by atoms with E-state index in [1.807, 2.05) is 13.0 Å². The normalized spacial score (nSPS) is 17.4. The predicted molar refractivity (Wildman–Crippen MR) is 150 cm³/mol. The molecule has 39 heavy (non-hydrogen) atoms. The summed E-state index contributed by atoms with van der Waals surface area (Å²) in [6.07, 6.45) is 0. The van der Waals surface area contributed by atoms with Crippen molar-refractivity contribution in [1.29, 1.82) is 0 Å². The number of esters is 1. The molecule has 0 aliphatic carbocycles. The van der Waals surface area contributed by atoms with Gasteiger partial charge in [-0.1, -0.05) is 59.6 Å². The molecule has 0 saturated carbocycles. The highest BCUT2D eigenvalue weighted by Crippen LogP contribution is 2.40. The molecular formula is C30H30Cl2N2O5. The molecule has 1 heterocycles. The fourth-order valence-corrected chi connectivity index (χ4v) is 5.06. The maximum absolute atomic E-state index is 13.8. The van der Waals surface area contributed by atoms with Crippen LogP contribution in [0.3, 0.4) is 0 Å². The number of hydrogen-bond acceptors (Lipinski definition) is 5. The van der Waals surface area contributed by atoms with E-state index in [1.165, 1.54) is 0 Å². The molecule has 0 aromatic heterocycles. The summed E-state index contributed by atoms with van der Waals surface area (Å²) in [6.45, 7) is 6.98. The van der Waals surface area contributed by atoms with Crippen LogP contribution < -0.4 is 15.4 Å². The molecule has 204 valence electrons. The SMILES string of the molecule is CC(NC(=O)[C@@H]1c2ccccc2C(=O)N[C@H]1c1ccc(Cl)cc1Cl)c1cccc(OCC(=O)OC(C)(C)C)c1. The number of rotatable bonds is 7. The van der Waals surface area contributed by atoms with Crippen molar-refractivity contribution in [2.75, 3.05) is 6.61 Å². The Morgan fingerprint density at radius 3 is 2.46 bits per heavy atom. The minimum atomic E-state index is -0.744. The fourth-order valence-electron chi connectivity index (χ4n) is 4.53. The first-order valence-electron chi connectivity index (χ1n) is 12.5. The van der Waals surface area contributed by atoms with E-state index in [0.29, 0.717) is 32.5 Å². The van der Waals surface area contributed by atoms with E-state index in [-0.39, 0.29) is 18.4 Å². The van der Waals surface area contributed by atoms with Crippen molar-refractivity contribution in [2.45, 2.75) is 51.3 Å². The molecule has 1 aliphatic rings. The lowest BCUT2D eigenvalue weighted by molar-refractivity contribution is -0.157. The molecule has 9 heteroatoms. The number of amides is 2. The van der Waals surface area contributed by atoms with Crippen LogP contribution in [0.5, 0.6) is 5.75 Å². The van der Waals surface area contributed by atoms with Gasteiger partial charge in [0.1, 0.15) is 11.4 Å². The Bertz CT molecular complexity index is 1400. The van der Waals surface area contributed by atoms with Gasteiger partial charge < -0.3 is 20.1 Å². The zero-order valence-corrected chi connectivity index (χ0v) is 23.6. The van der Waals surface area contributed by atoms with E-state index in [2.05, 4.69) is 10.6 Å². The van der Waals surface area contributed by atoms with Gasteiger partial charge in [-0.3, -0.25) is 9.59 Å². The van der Waals surface area contributed by atoms with E-state index >= 15 is 0 Å². The summed E-state index contributed by atoms with van der Waals surface area (Å²) in [4.78, 5) is 38.8. The number of hydrogen-bond donors (Lipinski definition) is 2. The topological polar surface area (TPSA) is 93.7 Å². The second-order valence-electron chi connectivity index (χ2n) is 10.4. The number of benzene rings is 3. The highest BCUT2D eigenvalue weighted by atomic mass is 35.5. The Morgan fingerprint density at radius 1 is 1.00 bits per heavy atom. The molecule has 7 nitrogen and oxygen atoms in total. The van der Waals surface area contributed by atoms with Gasteiger partial charge in [-0.05, 0) is 74.7 Å². The third kappa shape index (κ3) is 6.91. The van der Waals surface area contributed by atoms with Gasteiger partial charge in [0.25, 0.3) is 5.91 Å². The third-order valence-corrected chi connectivity index (χ3v) is 6.80. The summed E-state index contributed by atoms with van der Waals surface area (Å²) in [5.74, 6) is -1.31. The molecule has 3 atom stereocenters. The zero-order chi connectivity index (χ0) is 28.3. The summed E-state index contributed by atoms with van der Waals surface area (Å²) in [5, 5.41) is 6.83. The average Bonchev–Trinajstić information content (AvgIpc) is 2.86. The lowest BCUT2D eigenvalue weighted by atomic mass is 9.80. The van der Waals surface area contributed by atoms with Gasteiger partial charge in [0.05, 0.1) is 18.0 Å². The number of carbonyl (C=O) groups is 3. The number of fused-ring (bicyclic) bond motifs is 1. The van der Waals surface area contributed by atoms with Crippen molar-refractivity contribution >= 4 is 41.0 Å². The second-order valence-corrected chi connectivity index (χ2v) is 11.2. The van der Waals surface area contributed by atoms with Crippen molar-refractivity contribution in [2.24, 2.45) is 0 Å². The molecule has 0 fully saturated rings. The van der Waals surface area contributed by atoms with Crippen LogP contribution in [-0.4, -0.2) is 30.0 Å². The molecule has 0 spiro atoms. The summed E-state index contributed by atoms with van der Waals surface area (Å²) < 4.78 is 10.9. The van der Waals surface area contributed by atoms with E-state index in [4.69, 9.17) is 32.7 Å². The number of halogens is 2. The highest BCUT2D eigenvalue weighted by molar-refractivity contribution is 6.35. The molecule has 3 aromatic rings. The highest BCUT2D eigenvalue weighted by Gasteiger charge is 2.40. The first kappa shape index (κ1) is 28.5. The quantitative estimate of drug-likeness (QED) is 0.333. The summed E-state index contributed by atoms with van der Waals surface area (Å²) in [7, 11) is 0. The van der Waals surface area contributed by atoms with Gasteiger partial charge in [-0.25, -0.2) is 4.79 Å². The monoisotopic (exact) mass is 568 g/mol. The van der Waals surface area contributed by atoms with Crippen molar-refractivity contribution in [3.8, 4) is 5.75 Å². The molecular weight excluding hydrogens is 539 g/mol. The molecule has 0 saturated heterocycles. The molecule has 2 N–H and O–H groups in total. The Morgan fingerprint density at radius 2 is 1.74 bits per heavy atom. The Labute approximate surface area is 237 Å². The molecule has 1 aliphatic heterocycles. The Hall–Kier alpha value is -3.55. The van der Waals surface area contributed by atoms with Crippen molar-refractivity contribution in [3.63, 3.8) is 0 Å². The van der Waals surface area contributed by atoms with Crippen LogP contribution in [0.25, 0.3) is 0 Å². The summed E-state index contributed by atoms with van der Waals surface area (Å²) >= 11 is 12.6. The van der Waals surface area contributed by atoms with Crippen molar-refractivity contribution in [1.82, 2.24) is 10.6 Å². The number of nitrogens with one attached hydrogen (secondary N) is 2. The standard InChI is InChI=1S/C30H30Cl2N2O5/c1-17(18-8-7-9-20(14-18)38-16-25(35)39-30(2,3)4)33-29(37)26-21-10-5-6-11-22(21)28(36)34-27(26)23-13-12-19(31)15-24(23)32/h5-15,17,26-27H,16H2,1-4H3,(H,33,37)(H,34,36)/t17?,26-,27+/m1/s1. The van der Waals surface area contributed by atoms with E-state index in [0.717, 1.165) is 5.56 Å². The third-order valence-electron chi connectivity index (χ3n) is 6.23. The van der Waals surface area contributed by atoms with Gasteiger partial charge >= 0.3 is 5.97 Å². The summed E-state index contributed by atoms with van der Waals surface area (Å²) in [5.41, 5.74) is 1.81. The number of ether oxygens (including phenoxy) is 2. The van der Waals surface area contributed by atoms with E-state index in [9.17, 15) is 14.4 Å². The lowest BCUT2D eigenvalue weighted by Crippen LogP contribution is -2.45. The second kappa shape index (κ2) is 11.7. The van der Waals surface area contributed by atoms with Crippen molar-refractivity contribution < 1.29 is 23.9 Å². The molecule has 1 unspecified atom stereocenters. The molecule has 4 rings (SSSR count). The van der Waals surface area contributed by atoms with E-state index < -0.39 is 29.6 Å². The van der Waals surface area contributed by atoms with Crippen LogP contribution in [0.4, 0.5) is 0 Å². The first-order valence-corrected chi connectivity index (χ1v) is 13.3. The maximum Gasteiger partial charge on any atom is 0.344 e. The fraction of sp³-hybridized carbons (Fsp3) is 0.300. The van der Waals surface area contributed by atoms with Gasteiger partial charge in [0.2, 0.25) is 5.91 Å². The van der Waals surface area contributed by atoms with Crippen LogP contribution in [0.15, 0.2) is 66.7 Å². The predicted octanol–water partition coefficient (Wildman–Crippen LogP) is 6.16. The van der Waals surface area contributed by atoms with Crippen LogP contribution >= 0.6 is 23.2 Å². The van der Waals surface area contributed by atoms with Gasteiger partial charge in [0, 0.05) is 15.6 Å². The first-order chi connectivity index (χ1) is 18.4. The van der Waals surface area contributed by atoms with Gasteiger partial charge in [0.15, 0.2) is 6.61 Å². The Balaban J connectivity index is 1.56. The largest absolute Gasteiger partial charge is 0.482 e. The number of carbonyl (C=O) groups excluding carboxylic acids is 3. The van der Waals surface area contributed by atoms with Gasteiger partial charge in [-0.2, -0.15) is 0 Å². The maximum atomic E-state index is 13.8. The average molecular weight is 569 g/mol. The zero-order valence-electron chi connectivity index (χ0n) is 22.1. The van der Waals surface area contributed by atoms with Crippen LogP contribution in [0.1, 0.15) is 72.7 Å². The molecule has 2 amide bonds. The smallest absolute Gasteiger partial charge is 0.344 e. The van der Waals surface area contributed by atoms with Gasteiger partial charge in [-0.15, -0.1) is 0 Å². The molecule has 0 bridgehead atoms. The van der Waals surface area contributed by atoms with Crippen LogP contribution in [0.2, 0.25) is 10.0 Å². The van der Waals surface area contributed by atoms with Crippen molar-refractivity contribution in [3.05, 3.63) is 99.0 Å². The van der Waals surface area contributed by atoms with Crippen LogP contribution in [0, 0.1) is 0 Å². The minimum Gasteiger partial charge on any atom is -0.482 e. The lowest BCUT2D eigenvalue weighted by Gasteiger charge is -2.34. The summed E-state index contributed by atoms with van der Waals surface area (Å²) in [6, 6.07) is 18.0.